The molecule has 0 aliphatic rings. The Labute approximate surface area is 169 Å². The van der Waals surface area contributed by atoms with Crippen LogP contribution in [0.25, 0.3) is 0 Å². The van der Waals surface area contributed by atoms with Crippen molar-refractivity contribution >= 4 is 10.0 Å². The highest BCUT2D eigenvalue weighted by Crippen LogP contribution is 2.42. The molecule has 1 heterocycles. The minimum Gasteiger partial charge on any atom is -0.245 e. The maximum absolute atomic E-state index is 13.4. The van der Waals surface area contributed by atoms with Crippen LogP contribution in [-0.4, -0.2) is 12.4 Å². The summed E-state index contributed by atoms with van der Waals surface area (Å²) >= 11 is 0. The second-order valence-electron chi connectivity index (χ2n) is 8.59. The van der Waals surface area contributed by atoms with Crippen LogP contribution >= 0.6 is 0 Å². The summed E-state index contributed by atoms with van der Waals surface area (Å²) in [6, 6.07) is 21.0. The fourth-order valence-electron chi connectivity index (χ4n) is 3.54. The lowest BCUT2D eigenvalue weighted by Crippen LogP contribution is -2.28. The fourth-order valence-corrected chi connectivity index (χ4v) is 4.93. The molecule has 0 saturated carbocycles. The van der Waals surface area contributed by atoms with E-state index in [2.05, 4.69) is 39.8 Å². The fraction of sp³-hybridized carbons (Fsp3) is 0.333. The van der Waals surface area contributed by atoms with Gasteiger partial charge in [-0.25, -0.2) is 12.4 Å². The summed E-state index contributed by atoms with van der Waals surface area (Å²) in [6.07, 6.45) is 1.66. The maximum Gasteiger partial charge on any atom is 0.267 e. The molecule has 148 valence electrons. The molecule has 0 radical (unpaired) electrons. The van der Waals surface area contributed by atoms with Crippen molar-refractivity contribution in [1.29, 1.82) is 0 Å². The Morgan fingerprint density at radius 2 is 1.46 bits per heavy atom. The molecule has 4 heteroatoms. The van der Waals surface area contributed by atoms with Gasteiger partial charge in [0, 0.05) is 17.8 Å². The third kappa shape index (κ3) is 3.93. The summed E-state index contributed by atoms with van der Waals surface area (Å²) in [5.41, 5.74) is 2.98. The number of hydrogen-bond donors (Lipinski definition) is 0. The second kappa shape index (κ2) is 7.59. The van der Waals surface area contributed by atoms with Gasteiger partial charge in [-0.3, -0.25) is 0 Å². The SMILES string of the molecule is Cc1ccc(S(=O)(=O)n2cccc2[C@@H](c2ccccc2)[C@@H](C)C(C)(C)C)cc1. The zero-order valence-corrected chi connectivity index (χ0v) is 18.1. The van der Waals surface area contributed by atoms with E-state index in [0.717, 1.165) is 16.8 Å². The van der Waals surface area contributed by atoms with Crippen LogP contribution in [0.15, 0.2) is 77.8 Å². The van der Waals surface area contributed by atoms with Crippen LogP contribution in [0.3, 0.4) is 0 Å². The summed E-state index contributed by atoms with van der Waals surface area (Å²) in [5.74, 6) is 0.202. The molecule has 0 aliphatic carbocycles. The van der Waals surface area contributed by atoms with Crippen molar-refractivity contribution in [1.82, 2.24) is 3.97 Å². The van der Waals surface area contributed by atoms with Gasteiger partial charge in [0.1, 0.15) is 0 Å². The first kappa shape index (κ1) is 20.4. The van der Waals surface area contributed by atoms with Crippen LogP contribution in [0.2, 0.25) is 0 Å². The molecule has 0 spiro atoms. The van der Waals surface area contributed by atoms with Crippen molar-refractivity contribution in [2.75, 3.05) is 0 Å². The van der Waals surface area contributed by atoms with E-state index < -0.39 is 10.0 Å². The molecule has 0 bridgehead atoms. The highest BCUT2D eigenvalue weighted by Gasteiger charge is 2.34. The van der Waals surface area contributed by atoms with Crippen LogP contribution in [0.4, 0.5) is 0 Å². The lowest BCUT2D eigenvalue weighted by Gasteiger charge is -2.35. The lowest BCUT2D eigenvalue weighted by atomic mass is 9.71. The number of aryl methyl sites for hydroxylation is 1. The summed E-state index contributed by atoms with van der Waals surface area (Å²) in [4.78, 5) is 0.311. The van der Waals surface area contributed by atoms with Gasteiger partial charge in [-0.05, 0) is 48.1 Å². The first-order valence-electron chi connectivity index (χ1n) is 9.67. The summed E-state index contributed by atoms with van der Waals surface area (Å²) in [5, 5.41) is 0. The van der Waals surface area contributed by atoms with Gasteiger partial charge in [0.2, 0.25) is 0 Å². The standard InChI is InChI=1S/C24H29NO2S/c1-18-13-15-21(16-14-18)28(26,27)25-17-9-12-22(25)23(19(2)24(3,4)5)20-10-7-6-8-11-20/h6-17,19,23H,1-5H3/t19-,23-/m1/s1. The van der Waals surface area contributed by atoms with E-state index in [0.29, 0.717) is 4.90 Å². The second-order valence-corrected chi connectivity index (χ2v) is 10.4. The summed E-state index contributed by atoms with van der Waals surface area (Å²) in [7, 11) is -3.66. The lowest BCUT2D eigenvalue weighted by molar-refractivity contribution is 0.235. The van der Waals surface area contributed by atoms with Crippen molar-refractivity contribution in [3.8, 4) is 0 Å². The van der Waals surface area contributed by atoms with Crippen LogP contribution in [0, 0.1) is 18.3 Å². The molecule has 28 heavy (non-hydrogen) atoms. The largest absolute Gasteiger partial charge is 0.267 e. The zero-order valence-electron chi connectivity index (χ0n) is 17.3. The van der Waals surface area contributed by atoms with Gasteiger partial charge in [-0.1, -0.05) is 75.7 Å². The van der Waals surface area contributed by atoms with Gasteiger partial charge >= 0.3 is 0 Å². The van der Waals surface area contributed by atoms with Gasteiger partial charge in [0.25, 0.3) is 10.0 Å². The molecule has 0 aliphatic heterocycles. The summed E-state index contributed by atoms with van der Waals surface area (Å²) < 4.78 is 28.3. The minimum absolute atomic E-state index is 0.0171. The Balaban J connectivity index is 2.17. The molecule has 3 nitrogen and oxygen atoms in total. The predicted octanol–water partition coefficient (Wildman–Crippen LogP) is 5.85. The highest BCUT2D eigenvalue weighted by molar-refractivity contribution is 7.90. The van der Waals surface area contributed by atoms with Gasteiger partial charge in [-0.2, -0.15) is 0 Å². The van der Waals surface area contributed by atoms with Gasteiger partial charge < -0.3 is 0 Å². The Morgan fingerprint density at radius 3 is 2.04 bits per heavy atom. The van der Waals surface area contributed by atoms with E-state index in [1.807, 2.05) is 49.4 Å². The molecule has 3 rings (SSSR count). The number of aromatic nitrogens is 1. The molecule has 0 fully saturated rings. The molecule has 3 aromatic rings. The van der Waals surface area contributed by atoms with E-state index in [4.69, 9.17) is 0 Å². The van der Waals surface area contributed by atoms with Crippen LogP contribution in [-0.2, 0) is 10.0 Å². The number of hydrogen-bond acceptors (Lipinski definition) is 2. The van der Waals surface area contributed by atoms with Crippen LogP contribution in [0.5, 0.6) is 0 Å². The van der Waals surface area contributed by atoms with Gasteiger partial charge in [0.15, 0.2) is 0 Å². The molecule has 0 amide bonds. The smallest absolute Gasteiger partial charge is 0.245 e. The molecule has 0 N–H and O–H groups in total. The van der Waals surface area contributed by atoms with Gasteiger partial charge in [-0.15, -0.1) is 0 Å². The quantitative estimate of drug-likeness (QED) is 0.544. The third-order valence-electron chi connectivity index (χ3n) is 5.66. The van der Waals surface area contributed by atoms with Crippen molar-refractivity contribution < 1.29 is 8.42 Å². The van der Waals surface area contributed by atoms with Crippen molar-refractivity contribution in [2.24, 2.45) is 11.3 Å². The van der Waals surface area contributed by atoms with E-state index in [1.165, 1.54) is 3.97 Å². The monoisotopic (exact) mass is 395 g/mol. The van der Waals surface area contributed by atoms with E-state index >= 15 is 0 Å². The molecular weight excluding hydrogens is 366 g/mol. The first-order valence-corrected chi connectivity index (χ1v) is 11.1. The first-order chi connectivity index (χ1) is 13.1. The summed E-state index contributed by atoms with van der Waals surface area (Å²) in [6.45, 7) is 10.8. The van der Waals surface area contributed by atoms with Crippen LogP contribution < -0.4 is 0 Å². The van der Waals surface area contributed by atoms with E-state index in [1.54, 1.807) is 18.3 Å². The highest BCUT2D eigenvalue weighted by atomic mass is 32.2. The normalized spacial score (nSPS) is 14.6. The van der Waals surface area contributed by atoms with Gasteiger partial charge in [0.05, 0.1) is 4.90 Å². The number of rotatable bonds is 5. The Hall–Kier alpha value is -2.33. The maximum atomic E-state index is 13.4. The molecule has 0 saturated heterocycles. The van der Waals surface area contributed by atoms with Crippen molar-refractivity contribution in [2.45, 2.75) is 45.4 Å². The average Bonchev–Trinajstić information content (AvgIpc) is 3.12. The Kier molecular flexibility index (Phi) is 5.53. The average molecular weight is 396 g/mol. The predicted molar refractivity (Wildman–Crippen MR) is 115 cm³/mol. The van der Waals surface area contributed by atoms with Crippen LogP contribution in [0.1, 0.15) is 50.4 Å². The minimum atomic E-state index is -3.66. The number of nitrogens with zero attached hydrogens (tertiary/aromatic N) is 1. The molecule has 1 aromatic heterocycles. The van der Waals surface area contributed by atoms with E-state index in [9.17, 15) is 8.42 Å². The molecule has 2 atom stereocenters. The van der Waals surface area contributed by atoms with E-state index in [-0.39, 0.29) is 17.3 Å². The molecule has 0 unspecified atom stereocenters. The zero-order chi connectivity index (χ0) is 20.5. The molecular formula is C24H29NO2S. The third-order valence-corrected chi connectivity index (χ3v) is 7.38. The molecule has 2 aromatic carbocycles. The van der Waals surface area contributed by atoms with Crippen molar-refractivity contribution in [3.63, 3.8) is 0 Å². The Bertz CT molecular complexity index is 1030. The van der Waals surface area contributed by atoms with Crippen molar-refractivity contribution in [3.05, 3.63) is 89.7 Å². The topological polar surface area (TPSA) is 39.1 Å². The number of benzene rings is 2. The Morgan fingerprint density at radius 1 is 0.857 bits per heavy atom.